The van der Waals surface area contributed by atoms with Crippen LogP contribution in [0.25, 0.3) is 0 Å². The Morgan fingerprint density at radius 1 is 0.828 bits per heavy atom. The molecule has 21 heteroatoms. The van der Waals surface area contributed by atoms with E-state index < -0.39 is 173 Å². The molecule has 17 atom stereocenters. The van der Waals surface area contributed by atoms with Gasteiger partial charge in [-0.25, -0.2) is 0 Å². The van der Waals surface area contributed by atoms with E-state index >= 15 is 4.79 Å². The first-order valence-corrected chi connectivity index (χ1v) is 19.1. The number of ketones is 3. The number of ether oxygens (including phenoxy) is 6. The van der Waals surface area contributed by atoms with Gasteiger partial charge in [0.25, 0.3) is 0 Å². The number of phenols is 1. The number of Topliss-reactive ketones (excluding diaryl/α,β-unsaturated/α-hetero) is 3. The lowest BCUT2D eigenvalue weighted by molar-refractivity contribution is -0.368. The van der Waals surface area contributed by atoms with Gasteiger partial charge < -0.3 is 84.6 Å². The summed E-state index contributed by atoms with van der Waals surface area (Å²) in [5, 5.41) is 118. The standard InChI is InChI=1S/C37H46O20S/c1-12-15(40)6-7-20(52-12)56-37-22-14(23(42)21-13(24(22)43)4-3-5-16(21)41)8-19(55-34-30(58)28(47)26(45)18(10-39)54-34)36(37,11-35(2,51)31(49)32(37)50)57-33-29(48)27(46)25(44)17(9-38)53-33/h3-5,8,12,15,17-18,20,25-31,33-34,38-41,44-49,51,58H,6-7,9-11H2,1-2H3/t12-,15-,17-,18-,20?,25-,26-,27+,28+,29-,30-,31?,33+,34+,35?,36?,37?/m1/s1. The minimum absolute atomic E-state index is 0.00830. The molecule has 1 aromatic carbocycles. The minimum atomic E-state index is -3.22. The average molecular weight is 843 g/mol. The molecule has 1 aromatic rings. The number of thiol groups is 1. The summed E-state index contributed by atoms with van der Waals surface area (Å²) in [5.74, 6) is -5.19. The van der Waals surface area contributed by atoms with Crippen molar-refractivity contribution in [1.29, 1.82) is 0 Å². The maximum Gasteiger partial charge on any atom is 0.214 e. The predicted octanol–water partition coefficient (Wildman–Crippen LogP) is -4.00. The molecule has 0 aromatic heterocycles. The Morgan fingerprint density at radius 2 is 1.47 bits per heavy atom. The number of phenolic OH excluding ortho intramolecular Hbond substituents is 1. The fourth-order valence-corrected chi connectivity index (χ4v) is 8.90. The van der Waals surface area contributed by atoms with Crippen molar-refractivity contribution in [3.05, 3.63) is 52.3 Å². The Bertz CT molecular complexity index is 1880. The summed E-state index contributed by atoms with van der Waals surface area (Å²) in [5.41, 5.74) is -11.2. The van der Waals surface area contributed by atoms with Crippen molar-refractivity contribution in [2.24, 2.45) is 0 Å². The van der Waals surface area contributed by atoms with Crippen molar-refractivity contribution >= 4 is 30.0 Å². The van der Waals surface area contributed by atoms with Gasteiger partial charge in [-0.05, 0) is 32.4 Å². The number of hydrogen-bond acceptors (Lipinski definition) is 21. The third-order valence-corrected chi connectivity index (χ3v) is 12.4. The second kappa shape index (κ2) is 15.5. The van der Waals surface area contributed by atoms with Crippen LogP contribution < -0.4 is 0 Å². The van der Waals surface area contributed by atoms with E-state index in [2.05, 4.69) is 12.6 Å². The molecule has 7 rings (SSSR count). The third kappa shape index (κ3) is 6.47. The highest BCUT2D eigenvalue weighted by atomic mass is 32.1. The van der Waals surface area contributed by atoms with Crippen LogP contribution in [0.4, 0.5) is 0 Å². The van der Waals surface area contributed by atoms with Gasteiger partial charge in [0.05, 0.1) is 47.4 Å². The van der Waals surface area contributed by atoms with Gasteiger partial charge in [0.2, 0.25) is 12.1 Å². The fourth-order valence-electron chi connectivity index (χ4n) is 8.59. The first-order chi connectivity index (χ1) is 27.3. The fraction of sp³-hybridized carbons (Fsp3) is 0.649. The van der Waals surface area contributed by atoms with Gasteiger partial charge in [-0.3, -0.25) is 14.4 Å². The zero-order chi connectivity index (χ0) is 42.4. The summed E-state index contributed by atoms with van der Waals surface area (Å²) < 4.78 is 36.8. The lowest BCUT2D eigenvalue weighted by Gasteiger charge is -2.60. The smallest absolute Gasteiger partial charge is 0.214 e. The summed E-state index contributed by atoms with van der Waals surface area (Å²) in [6.45, 7) is 0.623. The topological polar surface area (TPSA) is 329 Å². The molecule has 1 saturated carbocycles. The van der Waals surface area contributed by atoms with Crippen LogP contribution in [-0.4, -0.2) is 189 Å². The molecule has 20 nitrogen and oxygen atoms in total. The summed E-state index contributed by atoms with van der Waals surface area (Å²) in [4.78, 5) is 44.9. The molecule has 0 radical (unpaired) electrons. The Balaban J connectivity index is 1.54. The monoisotopic (exact) mass is 842 g/mol. The molecule has 4 fully saturated rings. The van der Waals surface area contributed by atoms with E-state index in [4.69, 9.17) is 28.4 Å². The molecule has 3 heterocycles. The van der Waals surface area contributed by atoms with Crippen LogP contribution in [0.1, 0.15) is 53.8 Å². The molecule has 11 N–H and O–H groups in total. The van der Waals surface area contributed by atoms with Gasteiger partial charge in [0, 0.05) is 24.0 Å². The molecule has 320 valence electrons. The molecule has 0 bridgehead atoms. The zero-order valence-electron chi connectivity index (χ0n) is 31.0. The molecule has 3 aliphatic heterocycles. The molecule has 3 aliphatic carbocycles. The minimum Gasteiger partial charge on any atom is -0.507 e. The van der Waals surface area contributed by atoms with Gasteiger partial charge in [-0.2, -0.15) is 12.6 Å². The number of rotatable bonds is 8. The maximum atomic E-state index is 15.3. The quantitative estimate of drug-likeness (QED) is 0.111. The van der Waals surface area contributed by atoms with Crippen molar-refractivity contribution < 1.29 is 99.0 Å². The number of hydrogen-bond donors (Lipinski definition) is 12. The van der Waals surface area contributed by atoms with Crippen LogP contribution >= 0.6 is 12.6 Å². The van der Waals surface area contributed by atoms with Gasteiger partial charge >= 0.3 is 0 Å². The van der Waals surface area contributed by atoms with Crippen molar-refractivity contribution in [2.45, 2.75) is 135 Å². The molecule has 0 amide bonds. The van der Waals surface area contributed by atoms with E-state index in [1.807, 2.05) is 0 Å². The summed E-state index contributed by atoms with van der Waals surface area (Å²) >= 11 is 4.35. The number of carbonyl (C=O) groups excluding carboxylic acids is 3. The first-order valence-electron chi connectivity index (χ1n) is 18.6. The lowest BCUT2D eigenvalue weighted by Crippen LogP contribution is -2.79. The van der Waals surface area contributed by atoms with Crippen molar-refractivity contribution in [2.75, 3.05) is 13.2 Å². The van der Waals surface area contributed by atoms with Crippen molar-refractivity contribution in [1.82, 2.24) is 0 Å². The van der Waals surface area contributed by atoms with E-state index in [0.29, 0.717) is 0 Å². The number of aromatic hydroxyl groups is 1. The first kappa shape index (κ1) is 43.2. The van der Waals surface area contributed by atoms with E-state index in [-0.39, 0.29) is 12.8 Å². The maximum absolute atomic E-state index is 15.3. The Labute approximate surface area is 334 Å². The highest BCUT2D eigenvalue weighted by Crippen LogP contribution is 2.59. The van der Waals surface area contributed by atoms with Crippen LogP contribution in [0.5, 0.6) is 5.75 Å². The van der Waals surface area contributed by atoms with E-state index in [0.717, 1.165) is 19.1 Å². The average Bonchev–Trinajstić information content (AvgIpc) is 3.18. The molecular weight excluding hydrogens is 796 g/mol. The van der Waals surface area contributed by atoms with Gasteiger partial charge in [0.1, 0.15) is 60.3 Å². The van der Waals surface area contributed by atoms with E-state index in [1.54, 1.807) is 0 Å². The zero-order valence-corrected chi connectivity index (χ0v) is 31.9. The van der Waals surface area contributed by atoms with Gasteiger partial charge in [-0.1, -0.05) is 12.1 Å². The SMILES string of the molecule is C[C@H]1OC(OC23C(=O)C(O)C(C)(O)CC2(O[C@@H]2O[C@H](CO)[C@@H](O)[C@H](O)[C@H]2O)C(O[C@@H]2O[C@H](CO)[C@@H](O)[C@H](O)[C@H]2S)=CC2=C3C(=O)c3cccc(O)c3C2=O)CC[C@H]1O. The Kier molecular flexibility index (Phi) is 11.5. The van der Waals surface area contributed by atoms with Crippen LogP contribution in [0.15, 0.2) is 41.2 Å². The highest BCUT2D eigenvalue weighted by Gasteiger charge is 2.77. The molecular formula is C37H46O20S. The summed E-state index contributed by atoms with van der Waals surface area (Å²) in [6.07, 6.45) is -23.5. The highest BCUT2D eigenvalue weighted by molar-refractivity contribution is 7.81. The van der Waals surface area contributed by atoms with Crippen molar-refractivity contribution in [3.8, 4) is 5.75 Å². The normalized spacial score (nSPS) is 45.6. The number of benzene rings is 1. The van der Waals surface area contributed by atoms with Crippen LogP contribution in [-0.2, 0) is 33.2 Å². The number of fused-ring (bicyclic) bond motifs is 3. The Hall–Kier alpha value is -2.94. The van der Waals surface area contributed by atoms with Gasteiger partial charge in [0.15, 0.2) is 35.3 Å². The summed E-state index contributed by atoms with van der Waals surface area (Å²) in [7, 11) is 0. The lowest BCUT2D eigenvalue weighted by atomic mass is 9.55. The van der Waals surface area contributed by atoms with E-state index in [9.17, 15) is 65.8 Å². The predicted molar refractivity (Wildman–Crippen MR) is 191 cm³/mol. The van der Waals surface area contributed by atoms with Crippen LogP contribution in [0.2, 0.25) is 0 Å². The molecule has 6 aliphatic rings. The van der Waals surface area contributed by atoms with Gasteiger partial charge in [-0.15, -0.1) is 0 Å². The van der Waals surface area contributed by atoms with Crippen LogP contribution in [0.3, 0.4) is 0 Å². The molecule has 0 spiro atoms. The number of carbonyl (C=O) groups is 3. The second-order valence-electron chi connectivity index (χ2n) is 15.6. The summed E-state index contributed by atoms with van der Waals surface area (Å²) in [6, 6.07) is 3.53. The molecule has 5 unspecified atom stereocenters. The number of aliphatic hydroxyl groups excluding tert-OH is 9. The second-order valence-corrected chi connectivity index (χ2v) is 16.2. The number of allylic oxidation sites excluding steroid dienone is 2. The van der Waals surface area contributed by atoms with Crippen molar-refractivity contribution in [3.63, 3.8) is 0 Å². The molecule has 3 saturated heterocycles. The third-order valence-electron chi connectivity index (χ3n) is 11.8. The van der Waals surface area contributed by atoms with Crippen LogP contribution in [0, 0.1) is 0 Å². The molecule has 58 heavy (non-hydrogen) atoms. The Morgan fingerprint density at radius 3 is 2.10 bits per heavy atom. The number of aliphatic hydroxyl groups is 10. The largest absolute Gasteiger partial charge is 0.507 e. The van der Waals surface area contributed by atoms with E-state index in [1.165, 1.54) is 19.1 Å².